The van der Waals surface area contributed by atoms with Crippen molar-refractivity contribution in [3.05, 3.63) is 47.0 Å². The minimum absolute atomic E-state index is 0. The molecule has 1 unspecified atom stereocenters. The van der Waals surface area contributed by atoms with Crippen LogP contribution in [0.4, 0.5) is 5.13 Å². The summed E-state index contributed by atoms with van der Waals surface area (Å²) in [5.41, 5.74) is 12.3. The first-order chi connectivity index (χ1) is 14.4. The molecule has 2 aromatic heterocycles. The molecule has 11 nitrogen and oxygen atoms in total. The number of thioether (sulfide) groups is 1. The number of thiazole rings is 1. The number of amides is 2. The summed E-state index contributed by atoms with van der Waals surface area (Å²) in [5.74, 6) is 1.53. The Morgan fingerprint density at radius 1 is 1.52 bits per heavy atom. The summed E-state index contributed by atoms with van der Waals surface area (Å²) < 4.78 is 5.80. The van der Waals surface area contributed by atoms with Crippen molar-refractivity contribution in [2.24, 2.45) is 5.16 Å². The van der Waals surface area contributed by atoms with Crippen molar-refractivity contribution in [1.82, 2.24) is 19.9 Å². The Morgan fingerprint density at radius 2 is 2.29 bits per heavy atom. The van der Waals surface area contributed by atoms with Crippen LogP contribution in [0.25, 0.3) is 5.73 Å². The van der Waals surface area contributed by atoms with Gasteiger partial charge in [-0.2, -0.15) is 0 Å². The van der Waals surface area contributed by atoms with E-state index in [0.29, 0.717) is 17.4 Å². The molecule has 0 aromatic carbocycles. The van der Waals surface area contributed by atoms with Crippen molar-refractivity contribution in [3.63, 3.8) is 0 Å². The molecule has 4 N–H and O–H groups in total. The number of nitrogens with one attached hydrogen (secondary N) is 2. The number of aromatic amines is 1. The zero-order valence-electron chi connectivity index (χ0n) is 17.2. The number of nitrogen functional groups attached to an aromatic ring is 1. The smallest absolute Gasteiger partial charge is 0.662 e. The number of imidazole rings is 1. The molecule has 0 saturated carbocycles. The predicted molar refractivity (Wildman–Crippen MR) is 113 cm³/mol. The van der Waals surface area contributed by atoms with Crippen molar-refractivity contribution in [2.45, 2.75) is 24.8 Å². The maximum atomic E-state index is 11.5. The van der Waals surface area contributed by atoms with Crippen LogP contribution in [0.5, 0.6) is 0 Å². The van der Waals surface area contributed by atoms with Gasteiger partial charge in [0.1, 0.15) is 24.5 Å². The molecule has 4 rings (SSSR count). The van der Waals surface area contributed by atoms with E-state index in [1.54, 1.807) is 34.4 Å². The molecule has 0 bridgehead atoms. The number of ether oxygens (including phenoxy) is 1. The Labute approximate surface area is 208 Å². The summed E-state index contributed by atoms with van der Waals surface area (Å²) in [5, 5.41) is 5.51. The van der Waals surface area contributed by atoms with E-state index >= 15 is 0 Å². The van der Waals surface area contributed by atoms with Gasteiger partial charge in [-0.1, -0.05) is 5.16 Å². The predicted octanol–water partition coefficient (Wildman–Crippen LogP) is -0.707. The standard InChI is InChI=1S/C11H13N3O2S.C6H8N4O2S.Na/c1-7(11-12-3-4-13-11)16-9-2-5-17-10-6-8(15)14(9)10;1-12-10-4(5(7)11)3-2-13-6(8)9-3;/h2-4,7,10H,5-6H2,1H3,(H,12,13);2H,1H3,(H4,7,8,9,11);/q;;+1/p-1/b;10-4-;/t7?,10-;;/m0../s1. The van der Waals surface area contributed by atoms with Crippen molar-refractivity contribution in [1.29, 1.82) is 0 Å². The Hall–Kier alpha value is -2.06. The molecule has 0 spiro atoms. The summed E-state index contributed by atoms with van der Waals surface area (Å²) >= 11 is 2.94. The van der Waals surface area contributed by atoms with Crippen LogP contribution < -0.4 is 35.3 Å². The van der Waals surface area contributed by atoms with Crippen molar-refractivity contribution in [2.75, 3.05) is 18.6 Å². The van der Waals surface area contributed by atoms with Crippen LogP contribution >= 0.6 is 23.1 Å². The van der Waals surface area contributed by atoms with Gasteiger partial charge < -0.3 is 30.8 Å². The molecule has 1 saturated heterocycles. The van der Waals surface area contributed by atoms with Gasteiger partial charge in [0.15, 0.2) is 22.8 Å². The number of carbonyl (C=O) groups is 2. The second kappa shape index (κ2) is 11.5. The Kier molecular flexibility index (Phi) is 9.37. The fourth-order valence-corrected chi connectivity index (χ4v) is 4.29. The van der Waals surface area contributed by atoms with Crippen LogP contribution in [0.3, 0.4) is 0 Å². The number of hydrogen-bond donors (Lipinski definition) is 2. The van der Waals surface area contributed by atoms with E-state index in [1.807, 2.05) is 13.0 Å². The van der Waals surface area contributed by atoms with E-state index in [9.17, 15) is 9.59 Å². The third-order valence-corrected chi connectivity index (χ3v) is 5.85. The fourth-order valence-electron chi connectivity index (χ4n) is 2.65. The van der Waals surface area contributed by atoms with Crippen LogP contribution in [0.2, 0.25) is 0 Å². The maximum absolute atomic E-state index is 11.5. The number of nitrogens with two attached hydrogens (primary N) is 1. The normalized spacial score (nSPS) is 18.3. The molecule has 2 aliphatic heterocycles. The van der Waals surface area contributed by atoms with Gasteiger partial charge in [0, 0.05) is 23.5 Å². The zero-order valence-corrected chi connectivity index (χ0v) is 20.8. The quantitative estimate of drug-likeness (QED) is 0.241. The van der Waals surface area contributed by atoms with Gasteiger partial charge >= 0.3 is 29.6 Å². The molecule has 31 heavy (non-hydrogen) atoms. The third-order valence-electron chi connectivity index (χ3n) is 4.05. The zero-order chi connectivity index (χ0) is 21.7. The number of H-pyrrole nitrogens is 1. The second-order valence-corrected chi connectivity index (χ2v) is 8.16. The van der Waals surface area contributed by atoms with Crippen LogP contribution in [0, 0.1) is 0 Å². The summed E-state index contributed by atoms with van der Waals surface area (Å²) in [4.78, 5) is 39.3. The molecule has 2 aliphatic rings. The number of anilines is 1. The van der Waals surface area contributed by atoms with Gasteiger partial charge in [0.25, 0.3) is 0 Å². The largest absolute Gasteiger partial charge is 1.00 e. The van der Waals surface area contributed by atoms with Gasteiger partial charge in [-0.25, -0.2) is 9.97 Å². The van der Waals surface area contributed by atoms with Crippen LogP contribution in [0.1, 0.15) is 31.0 Å². The van der Waals surface area contributed by atoms with Gasteiger partial charge in [-0.3, -0.25) is 9.69 Å². The molecule has 14 heteroatoms. The molecule has 2 atom stereocenters. The molecule has 2 aromatic rings. The average Bonchev–Trinajstić information content (AvgIpc) is 3.37. The molecule has 0 radical (unpaired) electrons. The molecular formula is C17H20N7NaO4S2. The number of aromatic nitrogens is 3. The average molecular weight is 474 g/mol. The van der Waals surface area contributed by atoms with Crippen molar-refractivity contribution >= 4 is 45.8 Å². The van der Waals surface area contributed by atoms with Crippen LogP contribution in [-0.4, -0.2) is 55.6 Å². The van der Waals surface area contributed by atoms with E-state index in [0.717, 1.165) is 11.6 Å². The van der Waals surface area contributed by atoms with Crippen LogP contribution in [0.15, 0.2) is 34.9 Å². The number of oxime groups is 1. The van der Waals surface area contributed by atoms with Gasteiger partial charge in [-0.15, -0.1) is 23.1 Å². The molecule has 2 amide bonds. The van der Waals surface area contributed by atoms with Crippen LogP contribution in [-0.2, 0) is 19.2 Å². The first kappa shape index (κ1) is 25.2. The number of nitrogens with zero attached hydrogens (tertiary/aromatic N) is 4. The molecular weight excluding hydrogens is 453 g/mol. The Morgan fingerprint density at radius 3 is 2.84 bits per heavy atom. The Bertz CT molecular complexity index is 964. The summed E-state index contributed by atoms with van der Waals surface area (Å²) in [6.07, 6.45) is 5.86. The van der Waals surface area contributed by atoms with Gasteiger partial charge in [0.2, 0.25) is 5.91 Å². The number of β-lactam (4-membered cyclic amide) rings is 1. The van der Waals surface area contributed by atoms with Crippen molar-refractivity contribution in [3.8, 4) is 0 Å². The number of fused-ring (bicyclic) bond motifs is 1. The summed E-state index contributed by atoms with van der Waals surface area (Å²) in [6, 6.07) is 0. The SMILES string of the molecule is CC(OC1=CCS[C@H]2CC(=O)N12)c1ncc[nH]1.CO/N=C(\C([NH-])=O)c1csc(N)n1.[Na+]. The van der Waals surface area contributed by atoms with E-state index in [1.165, 1.54) is 18.4 Å². The first-order valence-corrected chi connectivity index (χ1v) is 10.7. The summed E-state index contributed by atoms with van der Waals surface area (Å²) in [7, 11) is 1.29. The number of hydrogen-bond acceptors (Lipinski definition) is 10. The minimum Gasteiger partial charge on any atom is -0.662 e. The van der Waals surface area contributed by atoms with Gasteiger partial charge in [-0.05, 0) is 13.0 Å². The molecule has 4 heterocycles. The Balaban J connectivity index is 0.000000222. The first-order valence-electron chi connectivity index (χ1n) is 8.79. The second-order valence-electron chi connectivity index (χ2n) is 6.06. The van der Waals surface area contributed by atoms with E-state index < -0.39 is 5.91 Å². The monoisotopic (exact) mass is 473 g/mol. The maximum Gasteiger partial charge on any atom is 1.00 e. The van der Waals surface area contributed by atoms with Gasteiger partial charge in [0.05, 0.1) is 11.8 Å². The summed E-state index contributed by atoms with van der Waals surface area (Å²) in [6.45, 7) is 1.92. The third kappa shape index (κ3) is 6.23. The topological polar surface area (TPSA) is 160 Å². The van der Waals surface area contributed by atoms with E-state index in [4.69, 9.17) is 16.2 Å². The molecule has 1 fully saturated rings. The number of rotatable bonds is 6. The molecule has 160 valence electrons. The van der Waals surface area contributed by atoms with Crippen molar-refractivity contribution < 1.29 is 48.7 Å². The van der Waals surface area contributed by atoms with E-state index in [2.05, 4.69) is 24.9 Å². The van der Waals surface area contributed by atoms with E-state index in [-0.39, 0.29) is 58.3 Å². The molecule has 0 aliphatic carbocycles. The minimum atomic E-state index is -0.952. The number of carbonyl (C=O) groups excluding carboxylic acids is 2. The fraction of sp³-hybridized carbons (Fsp3) is 0.353.